The molecule has 5 atom stereocenters. The number of morpholine rings is 1. The van der Waals surface area contributed by atoms with E-state index in [9.17, 15) is 22.8 Å². The van der Waals surface area contributed by atoms with Crippen LogP contribution in [-0.4, -0.2) is 49.4 Å². The number of alkyl carbamates (subject to hydrolysis) is 1. The molecule has 6 rings (SSSR count). The van der Waals surface area contributed by atoms with E-state index in [1.807, 2.05) is 6.92 Å². The number of nitrogens with one attached hydrogen (secondary N) is 3. The molecule has 1 saturated heterocycles. The van der Waals surface area contributed by atoms with Crippen molar-refractivity contribution in [3.05, 3.63) is 137 Å². The van der Waals surface area contributed by atoms with E-state index < -0.39 is 41.4 Å². The van der Waals surface area contributed by atoms with Gasteiger partial charge in [0.2, 0.25) is 5.91 Å². The highest BCUT2D eigenvalue weighted by Crippen LogP contribution is 2.41. The van der Waals surface area contributed by atoms with Gasteiger partial charge >= 0.3 is 6.09 Å². The summed E-state index contributed by atoms with van der Waals surface area (Å²) in [6, 6.07) is 19.9. The van der Waals surface area contributed by atoms with Crippen LogP contribution in [0.3, 0.4) is 0 Å². The molecule has 1 aliphatic carbocycles. The smallest absolute Gasteiger partial charge is 0.407 e. The standard InChI is InChI=1S/C40H42F4N4O4/c1-23-35(22-51-40(50)48-38(26-5-6-26)27-11-17-30(43)18-12-27)46-21-31(52-23)19-20-32-33(44)3-2-4-34(32)47-39(49)37(45)36(24-7-13-28(41)14-8-24)25-9-15-29(42)16-10-25/h2-4,7-18,23,26,31,35-38,46H,5-6,19-22,45H2,1H3,(H,47,49)(H,48,50)/t23-,31+,35+,37?,38+/m0/s1. The maximum atomic E-state index is 15.2. The second-order valence-electron chi connectivity index (χ2n) is 13.5. The van der Waals surface area contributed by atoms with Crippen LogP contribution in [0, 0.1) is 29.2 Å². The minimum absolute atomic E-state index is 0.0705. The van der Waals surface area contributed by atoms with Gasteiger partial charge in [-0.15, -0.1) is 0 Å². The molecule has 1 unspecified atom stereocenters. The second kappa shape index (κ2) is 16.7. The lowest BCUT2D eigenvalue weighted by molar-refractivity contribution is -0.117. The number of halogens is 4. The van der Waals surface area contributed by atoms with E-state index in [-0.39, 0.29) is 60.3 Å². The molecule has 4 aromatic carbocycles. The summed E-state index contributed by atoms with van der Waals surface area (Å²) in [5.41, 5.74) is 8.99. The first-order chi connectivity index (χ1) is 25.0. The molecule has 0 bridgehead atoms. The van der Waals surface area contributed by atoms with E-state index in [2.05, 4.69) is 16.0 Å². The van der Waals surface area contributed by atoms with Crippen LogP contribution in [0.2, 0.25) is 0 Å². The Hall–Kier alpha value is -4.78. The van der Waals surface area contributed by atoms with Gasteiger partial charge < -0.3 is 31.2 Å². The number of benzene rings is 4. The lowest BCUT2D eigenvalue weighted by atomic mass is 9.85. The van der Waals surface area contributed by atoms with Crippen LogP contribution >= 0.6 is 0 Å². The normalized spacial score (nSPS) is 19.9. The van der Waals surface area contributed by atoms with Crippen LogP contribution in [-0.2, 0) is 20.7 Å². The summed E-state index contributed by atoms with van der Waals surface area (Å²) in [6.45, 7) is 2.37. The van der Waals surface area contributed by atoms with E-state index in [4.69, 9.17) is 15.2 Å². The molecule has 1 heterocycles. The van der Waals surface area contributed by atoms with Gasteiger partial charge in [-0.3, -0.25) is 4.79 Å². The van der Waals surface area contributed by atoms with E-state index in [1.165, 1.54) is 72.8 Å². The minimum atomic E-state index is -1.18. The number of amides is 2. The maximum Gasteiger partial charge on any atom is 0.407 e. The minimum Gasteiger partial charge on any atom is -0.448 e. The number of rotatable bonds is 13. The summed E-state index contributed by atoms with van der Waals surface area (Å²) < 4.78 is 67.9. The van der Waals surface area contributed by atoms with Crippen LogP contribution < -0.4 is 21.7 Å². The zero-order valence-electron chi connectivity index (χ0n) is 28.7. The number of ether oxygens (including phenoxy) is 2. The fourth-order valence-electron chi connectivity index (χ4n) is 6.72. The number of carbonyl (C=O) groups is 2. The van der Waals surface area contributed by atoms with Crippen molar-refractivity contribution < 1.29 is 36.6 Å². The Morgan fingerprint density at radius 1 is 0.865 bits per heavy atom. The van der Waals surface area contributed by atoms with Gasteiger partial charge in [-0.25, -0.2) is 22.4 Å². The van der Waals surface area contributed by atoms with Gasteiger partial charge in [0.1, 0.15) is 29.9 Å². The molecule has 0 spiro atoms. The molecular formula is C40H42F4N4O4. The van der Waals surface area contributed by atoms with Gasteiger partial charge in [0, 0.05) is 23.7 Å². The predicted octanol–water partition coefficient (Wildman–Crippen LogP) is 6.90. The van der Waals surface area contributed by atoms with Crippen molar-refractivity contribution in [2.24, 2.45) is 11.7 Å². The molecule has 0 aromatic heterocycles. The summed E-state index contributed by atoms with van der Waals surface area (Å²) in [7, 11) is 0. The highest BCUT2D eigenvalue weighted by Gasteiger charge is 2.35. The van der Waals surface area contributed by atoms with E-state index in [1.54, 1.807) is 18.2 Å². The molecule has 1 saturated carbocycles. The van der Waals surface area contributed by atoms with Gasteiger partial charge in [0.25, 0.3) is 0 Å². The van der Waals surface area contributed by atoms with Crippen LogP contribution in [0.25, 0.3) is 0 Å². The molecule has 8 nitrogen and oxygen atoms in total. The molecule has 1 aliphatic heterocycles. The quantitative estimate of drug-likeness (QED) is 0.112. The molecule has 5 N–H and O–H groups in total. The van der Waals surface area contributed by atoms with Gasteiger partial charge in [0.05, 0.1) is 30.3 Å². The van der Waals surface area contributed by atoms with Crippen molar-refractivity contribution in [3.63, 3.8) is 0 Å². The Morgan fingerprint density at radius 2 is 1.44 bits per heavy atom. The zero-order chi connectivity index (χ0) is 36.8. The average Bonchev–Trinajstić information content (AvgIpc) is 3.98. The summed E-state index contributed by atoms with van der Waals surface area (Å²) in [5.74, 6) is -2.79. The van der Waals surface area contributed by atoms with E-state index in [0.717, 1.165) is 18.4 Å². The third-order valence-corrected chi connectivity index (χ3v) is 9.78. The number of anilines is 1. The summed E-state index contributed by atoms with van der Waals surface area (Å²) in [6.07, 6.45) is 1.44. The van der Waals surface area contributed by atoms with Crippen molar-refractivity contribution in [2.75, 3.05) is 18.5 Å². The SMILES string of the molecule is C[C@@H]1O[C@H](CCc2c(F)cccc2NC(=O)C(N)C(c2ccc(F)cc2)c2ccc(F)cc2)CN[C@@H]1COC(=O)N[C@@H](c1ccc(F)cc1)C1CC1. The van der Waals surface area contributed by atoms with Crippen LogP contribution in [0.1, 0.15) is 60.4 Å². The van der Waals surface area contributed by atoms with Crippen molar-refractivity contribution >= 4 is 17.7 Å². The first-order valence-electron chi connectivity index (χ1n) is 17.5. The van der Waals surface area contributed by atoms with E-state index >= 15 is 4.39 Å². The Labute approximate surface area is 300 Å². The predicted molar refractivity (Wildman–Crippen MR) is 188 cm³/mol. The second-order valence-corrected chi connectivity index (χ2v) is 13.5. The topological polar surface area (TPSA) is 115 Å². The number of nitrogens with two attached hydrogens (primary N) is 1. The molecular weight excluding hydrogens is 676 g/mol. The number of carbonyl (C=O) groups excluding carboxylic acids is 2. The average molecular weight is 719 g/mol. The third-order valence-electron chi connectivity index (χ3n) is 9.78. The first kappa shape index (κ1) is 37.0. The van der Waals surface area contributed by atoms with E-state index in [0.29, 0.717) is 24.1 Å². The molecule has 2 amide bonds. The van der Waals surface area contributed by atoms with Gasteiger partial charge in [-0.2, -0.15) is 0 Å². The Balaban J connectivity index is 1.03. The summed E-state index contributed by atoms with van der Waals surface area (Å²) in [5, 5.41) is 9.07. The molecule has 12 heteroatoms. The maximum absolute atomic E-state index is 15.2. The van der Waals surface area contributed by atoms with Crippen molar-refractivity contribution in [1.82, 2.24) is 10.6 Å². The fourth-order valence-corrected chi connectivity index (χ4v) is 6.72. The number of hydrogen-bond donors (Lipinski definition) is 4. The van der Waals surface area contributed by atoms with Crippen LogP contribution in [0.5, 0.6) is 0 Å². The largest absolute Gasteiger partial charge is 0.448 e. The highest BCUT2D eigenvalue weighted by molar-refractivity contribution is 5.96. The Morgan fingerprint density at radius 3 is 2.00 bits per heavy atom. The summed E-state index contributed by atoms with van der Waals surface area (Å²) >= 11 is 0. The molecule has 274 valence electrons. The van der Waals surface area contributed by atoms with Gasteiger partial charge in [0.15, 0.2) is 0 Å². The highest BCUT2D eigenvalue weighted by atomic mass is 19.1. The third kappa shape index (κ3) is 9.36. The van der Waals surface area contributed by atoms with Crippen molar-refractivity contribution in [1.29, 1.82) is 0 Å². The van der Waals surface area contributed by atoms with Gasteiger partial charge in [-0.1, -0.05) is 42.5 Å². The molecule has 0 radical (unpaired) electrons. The Kier molecular flexibility index (Phi) is 11.9. The summed E-state index contributed by atoms with van der Waals surface area (Å²) in [4.78, 5) is 26.3. The molecule has 2 fully saturated rings. The first-order valence-corrected chi connectivity index (χ1v) is 17.5. The zero-order valence-corrected chi connectivity index (χ0v) is 28.7. The molecule has 2 aliphatic rings. The van der Waals surface area contributed by atoms with Crippen LogP contribution in [0.4, 0.5) is 28.0 Å². The fraction of sp³-hybridized carbons (Fsp3) is 0.350. The molecule has 4 aromatic rings. The van der Waals surface area contributed by atoms with Gasteiger partial charge in [-0.05, 0) is 104 Å². The lowest BCUT2D eigenvalue weighted by Gasteiger charge is -2.35. The lowest BCUT2D eigenvalue weighted by Crippen LogP contribution is -2.54. The monoisotopic (exact) mass is 718 g/mol. The number of hydrogen-bond acceptors (Lipinski definition) is 6. The Bertz CT molecular complexity index is 1780. The van der Waals surface area contributed by atoms with Crippen molar-refractivity contribution in [3.8, 4) is 0 Å². The van der Waals surface area contributed by atoms with Crippen LogP contribution in [0.15, 0.2) is 91.0 Å². The van der Waals surface area contributed by atoms with Crippen molar-refractivity contribution in [2.45, 2.75) is 68.9 Å². The molecule has 52 heavy (non-hydrogen) atoms.